The van der Waals surface area contributed by atoms with E-state index in [-0.39, 0.29) is 25.7 Å². The zero-order chi connectivity index (χ0) is 14.0. The normalized spacial score (nSPS) is 11.3. The van der Waals surface area contributed by atoms with Crippen LogP contribution in [0.4, 0.5) is 0 Å². The SMILES string of the molecule is O=S(=O)(Oc1ccccc1Cl)c1cc(Cl)ccc1Cl. The van der Waals surface area contributed by atoms with E-state index in [2.05, 4.69) is 0 Å². The molecule has 0 aliphatic carbocycles. The van der Waals surface area contributed by atoms with Gasteiger partial charge in [0.05, 0.1) is 10.0 Å². The minimum atomic E-state index is -4.09. The van der Waals surface area contributed by atoms with Gasteiger partial charge in [0.1, 0.15) is 4.90 Å². The molecule has 2 aromatic carbocycles. The van der Waals surface area contributed by atoms with Crippen molar-refractivity contribution in [3.05, 3.63) is 57.5 Å². The standard InChI is InChI=1S/C12H7Cl3O3S/c13-8-5-6-10(15)12(7-8)19(16,17)18-11-4-2-1-3-9(11)14/h1-7H. The van der Waals surface area contributed by atoms with Crippen molar-refractivity contribution in [3.8, 4) is 5.75 Å². The molecular formula is C12H7Cl3O3S. The third-order valence-corrected chi connectivity index (χ3v) is 4.46. The van der Waals surface area contributed by atoms with Gasteiger partial charge in [-0.15, -0.1) is 0 Å². The largest absolute Gasteiger partial charge is 0.377 e. The van der Waals surface area contributed by atoms with Crippen molar-refractivity contribution < 1.29 is 12.6 Å². The predicted molar refractivity (Wildman–Crippen MR) is 75.7 cm³/mol. The van der Waals surface area contributed by atoms with Gasteiger partial charge >= 0.3 is 10.1 Å². The third-order valence-electron chi connectivity index (χ3n) is 2.20. The summed E-state index contributed by atoms with van der Waals surface area (Å²) in [6.45, 7) is 0. The molecule has 0 N–H and O–H groups in total. The number of para-hydroxylation sites is 1. The van der Waals surface area contributed by atoms with Crippen molar-refractivity contribution in [2.24, 2.45) is 0 Å². The van der Waals surface area contributed by atoms with E-state index in [9.17, 15) is 8.42 Å². The van der Waals surface area contributed by atoms with E-state index in [1.807, 2.05) is 0 Å². The number of hydrogen-bond donors (Lipinski definition) is 0. The van der Waals surface area contributed by atoms with Gasteiger partial charge in [-0.1, -0.05) is 46.9 Å². The zero-order valence-electron chi connectivity index (χ0n) is 9.31. The maximum absolute atomic E-state index is 12.1. The minimum absolute atomic E-state index is 0.0245. The van der Waals surface area contributed by atoms with Gasteiger partial charge in [0.2, 0.25) is 0 Å². The molecule has 100 valence electrons. The Morgan fingerprint density at radius 1 is 0.895 bits per heavy atom. The van der Waals surface area contributed by atoms with Crippen molar-refractivity contribution in [2.45, 2.75) is 4.90 Å². The van der Waals surface area contributed by atoms with Crippen LogP contribution < -0.4 is 4.18 Å². The van der Waals surface area contributed by atoms with Gasteiger partial charge in [-0.05, 0) is 30.3 Å². The molecular weight excluding hydrogens is 331 g/mol. The highest BCUT2D eigenvalue weighted by molar-refractivity contribution is 7.87. The molecule has 0 bridgehead atoms. The first kappa shape index (κ1) is 14.5. The topological polar surface area (TPSA) is 43.4 Å². The molecule has 0 aliphatic rings. The maximum atomic E-state index is 12.1. The summed E-state index contributed by atoms with van der Waals surface area (Å²) in [7, 11) is -4.09. The Balaban J connectivity index is 2.44. The van der Waals surface area contributed by atoms with Gasteiger partial charge in [0, 0.05) is 5.02 Å². The van der Waals surface area contributed by atoms with E-state index in [1.54, 1.807) is 12.1 Å². The Hall–Kier alpha value is -0.940. The lowest BCUT2D eigenvalue weighted by Crippen LogP contribution is -2.10. The Morgan fingerprint density at radius 3 is 2.26 bits per heavy atom. The molecule has 2 aromatic rings. The lowest BCUT2D eigenvalue weighted by molar-refractivity contribution is 0.486. The molecule has 0 heterocycles. The molecule has 0 saturated heterocycles. The smallest absolute Gasteiger partial charge is 0.340 e. The molecule has 0 aliphatic heterocycles. The molecule has 0 fully saturated rings. The summed E-state index contributed by atoms with van der Waals surface area (Å²) >= 11 is 17.4. The Morgan fingerprint density at radius 2 is 1.58 bits per heavy atom. The molecule has 0 radical (unpaired) electrons. The fourth-order valence-corrected chi connectivity index (χ4v) is 3.25. The van der Waals surface area contributed by atoms with Crippen LogP contribution in [0.25, 0.3) is 0 Å². The van der Waals surface area contributed by atoms with E-state index in [0.29, 0.717) is 0 Å². The Kier molecular flexibility index (Phi) is 4.26. The summed E-state index contributed by atoms with van der Waals surface area (Å²) in [6, 6.07) is 10.3. The molecule has 3 nitrogen and oxygen atoms in total. The van der Waals surface area contributed by atoms with Crippen LogP contribution in [0.3, 0.4) is 0 Å². The predicted octanol–water partition coefficient (Wildman–Crippen LogP) is 4.41. The highest BCUT2D eigenvalue weighted by atomic mass is 35.5. The molecule has 0 aromatic heterocycles. The van der Waals surface area contributed by atoms with E-state index < -0.39 is 10.1 Å². The summed E-state index contributed by atoms with van der Waals surface area (Å²) < 4.78 is 29.2. The fourth-order valence-electron chi connectivity index (χ4n) is 1.34. The number of hydrogen-bond acceptors (Lipinski definition) is 3. The molecule has 7 heteroatoms. The Labute approximate surface area is 125 Å². The third kappa shape index (κ3) is 3.34. The maximum Gasteiger partial charge on any atom is 0.340 e. The summed E-state index contributed by atoms with van der Waals surface area (Å²) in [5.41, 5.74) is 0. The van der Waals surface area contributed by atoms with E-state index >= 15 is 0 Å². The van der Waals surface area contributed by atoms with Crippen LogP contribution in [0.5, 0.6) is 5.75 Å². The molecule has 0 unspecified atom stereocenters. The molecule has 0 saturated carbocycles. The van der Waals surface area contributed by atoms with Gasteiger partial charge in [-0.2, -0.15) is 8.42 Å². The van der Waals surface area contributed by atoms with Gasteiger partial charge in [-0.3, -0.25) is 0 Å². The average Bonchev–Trinajstić information content (AvgIpc) is 2.35. The quantitative estimate of drug-likeness (QED) is 0.779. The number of rotatable bonds is 3. The highest BCUT2D eigenvalue weighted by Gasteiger charge is 2.21. The van der Waals surface area contributed by atoms with Crippen molar-refractivity contribution in [3.63, 3.8) is 0 Å². The van der Waals surface area contributed by atoms with E-state index in [1.165, 1.54) is 30.3 Å². The average molecular weight is 338 g/mol. The monoisotopic (exact) mass is 336 g/mol. The Bertz CT molecular complexity index is 714. The van der Waals surface area contributed by atoms with Crippen LogP contribution in [-0.2, 0) is 10.1 Å². The molecule has 0 atom stereocenters. The second-order valence-corrected chi connectivity index (χ2v) is 6.31. The second-order valence-electron chi connectivity index (χ2n) is 3.54. The first-order valence-corrected chi connectivity index (χ1v) is 7.58. The fraction of sp³-hybridized carbons (Fsp3) is 0. The first-order chi connectivity index (χ1) is 8.90. The molecule has 0 amide bonds. The molecule has 2 rings (SSSR count). The van der Waals surface area contributed by atoms with Crippen LogP contribution >= 0.6 is 34.8 Å². The molecule has 19 heavy (non-hydrogen) atoms. The van der Waals surface area contributed by atoms with Crippen LogP contribution in [0.2, 0.25) is 15.1 Å². The number of benzene rings is 2. The van der Waals surface area contributed by atoms with Crippen molar-refractivity contribution in [2.75, 3.05) is 0 Å². The summed E-state index contributed by atoms with van der Waals surface area (Å²) in [6.07, 6.45) is 0. The minimum Gasteiger partial charge on any atom is -0.377 e. The van der Waals surface area contributed by atoms with Crippen molar-refractivity contribution >= 4 is 44.9 Å². The second kappa shape index (κ2) is 5.59. The lowest BCUT2D eigenvalue weighted by atomic mass is 10.3. The van der Waals surface area contributed by atoms with Gasteiger partial charge in [0.15, 0.2) is 5.75 Å². The van der Waals surface area contributed by atoms with E-state index in [0.717, 1.165) is 0 Å². The van der Waals surface area contributed by atoms with Crippen LogP contribution in [0.1, 0.15) is 0 Å². The van der Waals surface area contributed by atoms with Crippen LogP contribution in [-0.4, -0.2) is 8.42 Å². The van der Waals surface area contributed by atoms with E-state index in [4.69, 9.17) is 39.0 Å². The van der Waals surface area contributed by atoms with Gasteiger partial charge in [0.25, 0.3) is 0 Å². The summed E-state index contributed by atoms with van der Waals surface area (Å²) in [4.78, 5) is -0.207. The van der Waals surface area contributed by atoms with Gasteiger partial charge < -0.3 is 4.18 Å². The van der Waals surface area contributed by atoms with Crippen LogP contribution in [0, 0.1) is 0 Å². The highest BCUT2D eigenvalue weighted by Crippen LogP contribution is 2.30. The van der Waals surface area contributed by atoms with Gasteiger partial charge in [-0.25, -0.2) is 0 Å². The summed E-state index contributed by atoms with van der Waals surface area (Å²) in [5.74, 6) is 0.0280. The zero-order valence-corrected chi connectivity index (χ0v) is 12.4. The number of halogens is 3. The van der Waals surface area contributed by atoms with Crippen LogP contribution in [0.15, 0.2) is 47.4 Å². The first-order valence-electron chi connectivity index (χ1n) is 5.04. The van der Waals surface area contributed by atoms with Crippen molar-refractivity contribution in [1.82, 2.24) is 0 Å². The molecule has 0 spiro atoms. The summed E-state index contributed by atoms with van der Waals surface area (Å²) in [5, 5.41) is 0.450. The van der Waals surface area contributed by atoms with Crippen molar-refractivity contribution in [1.29, 1.82) is 0 Å². The lowest BCUT2D eigenvalue weighted by Gasteiger charge is -2.09.